The first-order chi connectivity index (χ1) is 11.7. The van der Waals surface area contributed by atoms with Gasteiger partial charge in [-0.3, -0.25) is 9.59 Å². The largest absolute Gasteiger partial charge is 0.321 e. The van der Waals surface area contributed by atoms with Gasteiger partial charge in [0.2, 0.25) is 0 Å². The van der Waals surface area contributed by atoms with Gasteiger partial charge in [-0.1, -0.05) is 24.6 Å². The normalized spacial score (nSPS) is 15.2. The molecule has 6 nitrogen and oxygen atoms in total. The molecule has 0 spiro atoms. The van der Waals surface area contributed by atoms with E-state index in [0.717, 1.165) is 19.6 Å². The average Bonchev–Trinajstić information content (AvgIpc) is 2.62. The Morgan fingerprint density at radius 2 is 1.75 bits per heavy atom. The Kier molecular flexibility index (Phi) is 5.38. The molecule has 24 heavy (non-hydrogen) atoms. The van der Waals surface area contributed by atoms with Crippen LogP contribution in [0.25, 0.3) is 0 Å². The smallest absolute Gasteiger partial charge is 0.276 e. The van der Waals surface area contributed by atoms with Crippen molar-refractivity contribution in [1.29, 1.82) is 0 Å². The zero-order valence-corrected chi connectivity index (χ0v) is 13.6. The molecule has 6 heteroatoms. The van der Waals surface area contributed by atoms with Crippen molar-refractivity contribution < 1.29 is 4.79 Å². The number of hydrogen-bond donors (Lipinski definition) is 1. The van der Waals surface area contributed by atoms with Gasteiger partial charge in [-0.05, 0) is 44.1 Å². The first-order valence-corrected chi connectivity index (χ1v) is 8.39. The quantitative estimate of drug-likeness (QED) is 0.912. The highest BCUT2D eigenvalue weighted by atomic mass is 16.2. The second kappa shape index (κ2) is 7.88. The molecule has 0 bridgehead atoms. The summed E-state index contributed by atoms with van der Waals surface area (Å²) < 4.78 is 1.38. The fourth-order valence-electron chi connectivity index (χ4n) is 2.87. The molecule has 126 valence electrons. The minimum Gasteiger partial charge on any atom is -0.321 e. The van der Waals surface area contributed by atoms with E-state index < -0.39 is 0 Å². The number of rotatable bonds is 5. The van der Waals surface area contributed by atoms with E-state index in [1.807, 2.05) is 30.3 Å². The second-order valence-electron chi connectivity index (χ2n) is 6.00. The number of amides is 1. The molecule has 0 saturated carbocycles. The molecule has 0 radical (unpaired) electrons. The van der Waals surface area contributed by atoms with Crippen LogP contribution in [0.4, 0.5) is 5.69 Å². The number of nitrogens with zero attached hydrogens (tertiary/aromatic N) is 3. The zero-order valence-electron chi connectivity index (χ0n) is 13.6. The van der Waals surface area contributed by atoms with Gasteiger partial charge >= 0.3 is 0 Å². The molecule has 1 saturated heterocycles. The van der Waals surface area contributed by atoms with Crippen molar-refractivity contribution in [3.63, 3.8) is 0 Å². The van der Waals surface area contributed by atoms with Crippen LogP contribution < -0.4 is 10.9 Å². The van der Waals surface area contributed by atoms with E-state index in [2.05, 4.69) is 15.3 Å². The van der Waals surface area contributed by atoms with E-state index in [0.29, 0.717) is 12.2 Å². The van der Waals surface area contributed by atoms with E-state index >= 15 is 0 Å². The number of carbonyl (C=O) groups is 1. The molecule has 3 rings (SSSR count). The zero-order chi connectivity index (χ0) is 16.8. The van der Waals surface area contributed by atoms with Crippen LogP contribution in [-0.2, 0) is 6.54 Å². The van der Waals surface area contributed by atoms with Crippen molar-refractivity contribution in [2.75, 3.05) is 25.0 Å². The number of nitrogens with one attached hydrogen (secondary N) is 1. The third kappa shape index (κ3) is 4.29. The Hall–Kier alpha value is -2.47. The van der Waals surface area contributed by atoms with E-state index in [-0.39, 0.29) is 17.2 Å². The summed E-state index contributed by atoms with van der Waals surface area (Å²) in [4.78, 5) is 26.6. The average molecular weight is 326 g/mol. The van der Waals surface area contributed by atoms with E-state index in [4.69, 9.17) is 0 Å². The number of likely N-dealkylation sites (tertiary alicyclic amines) is 1. The van der Waals surface area contributed by atoms with Gasteiger partial charge in [0.05, 0.1) is 6.54 Å². The number of para-hydroxylation sites is 1. The molecule has 0 unspecified atom stereocenters. The topological polar surface area (TPSA) is 67.2 Å². The SMILES string of the molecule is O=C(Nc1ccccc1)c1ccc(=O)n(CCN2CCCCC2)n1. The van der Waals surface area contributed by atoms with Gasteiger partial charge in [-0.2, -0.15) is 5.10 Å². The Morgan fingerprint density at radius 3 is 2.50 bits per heavy atom. The Labute approximate surface area is 141 Å². The summed E-state index contributed by atoms with van der Waals surface area (Å²) in [6.45, 7) is 3.44. The fourth-order valence-corrected chi connectivity index (χ4v) is 2.87. The van der Waals surface area contributed by atoms with Crippen LogP contribution in [0.15, 0.2) is 47.3 Å². The van der Waals surface area contributed by atoms with Crippen LogP contribution in [0.1, 0.15) is 29.8 Å². The lowest BCUT2D eigenvalue weighted by atomic mass is 10.1. The van der Waals surface area contributed by atoms with Crippen LogP contribution in [0, 0.1) is 0 Å². The fraction of sp³-hybridized carbons (Fsp3) is 0.389. The summed E-state index contributed by atoms with van der Waals surface area (Å²) in [6, 6.07) is 12.1. The van der Waals surface area contributed by atoms with Gasteiger partial charge < -0.3 is 10.2 Å². The maximum absolute atomic E-state index is 12.3. The Bertz CT molecular complexity index is 736. The van der Waals surface area contributed by atoms with Gasteiger partial charge in [0, 0.05) is 18.3 Å². The summed E-state index contributed by atoms with van der Waals surface area (Å²) in [7, 11) is 0. The molecule has 2 heterocycles. The van der Waals surface area contributed by atoms with E-state index in [1.165, 1.54) is 36.1 Å². The molecule has 1 amide bonds. The Balaban J connectivity index is 1.66. The monoisotopic (exact) mass is 326 g/mol. The molecule has 1 N–H and O–H groups in total. The summed E-state index contributed by atoms with van der Waals surface area (Å²) in [6.07, 6.45) is 3.70. The lowest BCUT2D eigenvalue weighted by Gasteiger charge is -2.26. The van der Waals surface area contributed by atoms with Crippen LogP contribution >= 0.6 is 0 Å². The summed E-state index contributed by atoms with van der Waals surface area (Å²) in [5, 5.41) is 7.00. The number of hydrogen-bond acceptors (Lipinski definition) is 4. The maximum atomic E-state index is 12.3. The number of aromatic nitrogens is 2. The third-order valence-corrected chi connectivity index (χ3v) is 4.21. The van der Waals surface area contributed by atoms with Crippen LogP contribution in [-0.4, -0.2) is 40.2 Å². The number of benzene rings is 1. The second-order valence-corrected chi connectivity index (χ2v) is 6.00. The van der Waals surface area contributed by atoms with Crippen LogP contribution in [0.3, 0.4) is 0 Å². The molecule has 2 aromatic rings. The van der Waals surface area contributed by atoms with Gasteiger partial charge in [0.25, 0.3) is 11.5 Å². The van der Waals surface area contributed by atoms with Crippen molar-refractivity contribution in [3.8, 4) is 0 Å². The molecule has 1 aliphatic rings. The number of carbonyl (C=O) groups excluding carboxylic acids is 1. The molecular formula is C18H22N4O2. The van der Waals surface area contributed by atoms with Gasteiger partial charge in [-0.15, -0.1) is 0 Å². The minimum absolute atomic E-state index is 0.178. The molecule has 1 fully saturated rings. The highest BCUT2D eigenvalue weighted by Crippen LogP contribution is 2.08. The lowest BCUT2D eigenvalue weighted by Crippen LogP contribution is -2.36. The maximum Gasteiger partial charge on any atom is 0.276 e. The molecular weight excluding hydrogens is 304 g/mol. The van der Waals surface area contributed by atoms with Gasteiger partial charge in [-0.25, -0.2) is 4.68 Å². The van der Waals surface area contributed by atoms with Gasteiger partial charge in [0.15, 0.2) is 0 Å². The highest BCUT2D eigenvalue weighted by Gasteiger charge is 2.12. The first kappa shape index (κ1) is 16.4. The van der Waals surface area contributed by atoms with Crippen molar-refractivity contribution in [1.82, 2.24) is 14.7 Å². The number of piperidine rings is 1. The van der Waals surface area contributed by atoms with E-state index in [9.17, 15) is 9.59 Å². The molecule has 1 aromatic heterocycles. The molecule has 0 atom stereocenters. The molecule has 1 aliphatic heterocycles. The first-order valence-electron chi connectivity index (χ1n) is 8.39. The van der Waals surface area contributed by atoms with E-state index in [1.54, 1.807) is 0 Å². The third-order valence-electron chi connectivity index (χ3n) is 4.21. The van der Waals surface area contributed by atoms with Crippen molar-refractivity contribution in [2.24, 2.45) is 0 Å². The highest BCUT2D eigenvalue weighted by molar-refractivity contribution is 6.02. The summed E-state index contributed by atoms with van der Waals surface area (Å²) >= 11 is 0. The summed E-state index contributed by atoms with van der Waals surface area (Å²) in [5.74, 6) is -0.312. The van der Waals surface area contributed by atoms with Gasteiger partial charge in [0.1, 0.15) is 5.69 Å². The van der Waals surface area contributed by atoms with Crippen LogP contribution in [0.5, 0.6) is 0 Å². The predicted molar refractivity (Wildman–Crippen MR) is 93.2 cm³/mol. The Morgan fingerprint density at radius 1 is 1.00 bits per heavy atom. The lowest BCUT2D eigenvalue weighted by molar-refractivity contribution is 0.101. The van der Waals surface area contributed by atoms with Crippen molar-refractivity contribution in [2.45, 2.75) is 25.8 Å². The standard InChI is InChI=1S/C18H22N4O2/c23-17-10-9-16(18(24)19-15-7-3-1-4-8-15)20-22(17)14-13-21-11-5-2-6-12-21/h1,3-4,7-10H,2,5-6,11-14H2,(H,19,24). The molecule has 0 aliphatic carbocycles. The minimum atomic E-state index is -0.312. The van der Waals surface area contributed by atoms with Crippen molar-refractivity contribution in [3.05, 3.63) is 58.5 Å². The number of anilines is 1. The molecule has 1 aromatic carbocycles. The van der Waals surface area contributed by atoms with Crippen molar-refractivity contribution >= 4 is 11.6 Å². The summed E-state index contributed by atoms with van der Waals surface area (Å²) in [5.41, 5.74) is 0.774. The van der Waals surface area contributed by atoms with Crippen LogP contribution in [0.2, 0.25) is 0 Å². The predicted octanol–water partition coefficient (Wildman–Crippen LogP) is 1.98.